The number of carbonyl (C=O) groups excluding carboxylic acids is 1. The van der Waals surface area contributed by atoms with E-state index in [0.717, 1.165) is 36.4 Å². The Labute approximate surface area is 115 Å². The number of amides is 1. The Balaban J connectivity index is 1.58. The first-order valence-electron chi connectivity index (χ1n) is 7.34. The highest BCUT2D eigenvalue weighted by Crippen LogP contribution is 2.29. The second kappa shape index (κ2) is 7.39. The maximum atomic E-state index is 11.9. The van der Waals surface area contributed by atoms with Crippen LogP contribution in [0.3, 0.4) is 0 Å². The van der Waals surface area contributed by atoms with E-state index < -0.39 is 0 Å². The van der Waals surface area contributed by atoms with Crippen LogP contribution in [0.1, 0.15) is 39.0 Å². The quantitative estimate of drug-likeness (QED) is 0.821. The molecular weight excluding hydrogens is 244 g/mol. The molecule has 2 fully saturated rings. The van der Waals surface area contributed by atoms with Gasteiger partial charge in [0.1, 0.15) is 0 Å². The highest BCUT2D eigenvalue weighted by atomic mass is 32.2. The topological polar surface area (TPSA) is 41.1 Å². The fraction of sp³-hybridized carbons (Fsp3) is 0.929. The number of nitrogens with one attached hydrogen (secondary N) is 2. The SMILES string of the molecule is CC1CCC(CCNC(=O)C2CSCCN2)CC1. The molecule has 1 amide bonds. The lowest BCUT2D eigenvalue weighted by Gasteiger charge is -2.27. The normalized spacial score (nSPS) is 33.1. The zero-order chi connectivity index (χ0) is 12.8. The molecule has 18 heavy (non-hydrogen) atoms. The van der Waals surface area contributed by atoms with Crippen LogP contribution in [0.15, 0.2) is 0 Å². The molecule has 104 valence electrons. The fourth-order valence-corrected chi connectivity index (χ4v) is 3.81. The van der Waals surface area contributed by atoms with E-state index in [1.165, 1.54) is 32.1 Å². The van der Waals surface area contributed by atoms with Crippen molar-refractivity contribution in [2.45, 2.75) is 45.1 Å². The minimum absolute atomic E-state index is 0.0372. The molecule has 0 aromatic heterocycles. The summed E-state index contributed by atoms with van der Waals surface area (Å²) in [5, 5.41) is 6.38. The first kappa shape index (κ1) is 14.2. The number of rotatable bonds is 4. The van der Waals surface area contributed by atoms with Gasteiger partial charge in [0.05, 0.1) is 6.04 Å². The summed E-state index contributed by atoms with van der Waals surface area (Å²) in [5.74, 6) is 4.01. The summed E-state index contributed by atoms with van der Waals surface area (Å²) in [6.07, 6.45) is 6.63. The molecule has 4 heteroatoms. The Morgan fingerprint density at radius 1 is 1.33 bits per heavy atom. The van der Waals surface area contributed by atoms with Crippen LogP contribution in [0.2, 0.25) is 0 Å². The maximum Gasteiger partial charge on any atom is 0.237 e. The van der Waals surface area contributed by atoms with E-state index in [9.17, 15) is 4.79 Å². The molecular formula is C14H26N2OS. The van der Waals surface area contributed by atoms with Crippen LogP contribution in [-0.4, -0.2) is 36.5 Å². The van der Waals surface area contributed by atoms with Crippen LogP contribution in [0.25, 0.3) is 0 Å². The number of carbonyl (C=O) groups is 1. The van der Waals surface area contributed by atoms with Gasteiger partial charge < -0.3 is 10.6 Å². The second-order valence-electron chi connectivity index (χ2n) is 5.79. The van der Waals surface area contributed by atoms with Gasteiger partial charge in [0.15, 0.2) is 0 Å². The van der Waals surface area contributed by atoms with E-state index in [2.05, 4.69) is 17.6 Å². The molecule has 0 aromatic carbocycles. The van der Waals surface area contributed by atoms with Gasteiger partial charge in [-0.3, -0.25) is 4.79 Å². The van der Waals surface area contributed by atoms with Gasteiger partial charge in [-0.25, -0.2) is 0 Å². The van der Waals surface area contributed by atoms with Crippen molar-refractivity contribution in [1.29, 1.82) is 0 Å². The van der Waals surface area contributed by atoms with E-state index in [4.69, 9.17) is 0 Å². The Kier molecular flexibility index (Phi) is 5.83. The lowest BCUT2D eigenvalue weighted by molar-refractivity contribution is -0.122. The minimum atomic E-state index is 0.0372. The van der Waals surface area contributed by atoms with Gasteiger partial charge in [-0.05, 0) is 18.3 Å². The Morgan fingerprint density at radius 3 is 2.78 bits per heavy atom. The molecule has 0 spiro atoms. The zero-order valence-corrected chi connectivity index (χ0v) is 12.2. The van der Waals surface area contributed by atoms with Crippen LogP contribution in [0.5, 0.6) is 0 Å². The van der Waals surface area contributed by atoms with Crippen LogP contribution in [0.4, 0.5) is 0 Å². The van der Waals surface area contributed by atoms with E-state index >= 15 is 0 Å². The maximum absolute atomic E-state index is 11.9. The largest absolute Gasteiger partial charge is 0.355 e. The third-order valence-electron chi connectivity index (χ3n) is 4.23. The first-order valence-corrected chi connectivity index (χ1v) is 8.50. The van der Waals surface area contributed by atoms with Crippen molar-refractivity contribution in [3.05, 3.63) is 0 Å². The summed E-state index contributed by atoms with van der Waals surface area (Å²) in [4.78, 5) is 11.9. The van der Waals surface area contributed by atoms with Crippen molar-refractivity contribution in [2.24, 2.45) is 11.8 Å². The summed E-state index contributed by atoms with van der Waals surface area (Å²) in [6.45, 7) is 4.18. The molecule has 1 aliphatic carbocycles. The van der Waals surface area contributed by atoms with Crippen LogP contribution < -0.4 is 10.6 Å². The molecule has 1 atom stereocenters. The van der Waals surface area contributed by atoms with Gasteiger partial charge in [-0.15, -0.1) is 0 Å². The molecule has 1 saturated heterocycles. The Bertz CT molecular complexity index is 259. The second-order valence-corrected chi connectivity index (χ2v) is 6.94. The lowest BCUT2D eigenvalue weighted by atomic mass is 9.81. The van der Waals surface area contributed by atoms with Crippen molar-refractivity contribution < 1.29 is 4.79 Å². The predicted octanol–water partition coefficient (Wildman–Crippen LogP) is 2.02. The van der Waals surface area contributed by atoms with Crippen LogP contribution in [0, 0.1) is 11.8 Å². The van der Waals surface area contributed by atoms with Gasteiger partial charge >= 0.3 is 0 Å². The molecule has 2 N–H and O–H groups in total. The number of thioether (sulfide) groups is 1. The smallest absolute Gasteiger partial charge is 0.237 e. The molecule has 1 aliphatic heterocycles. The van der Waals surface area contributed by atoms with E-state index in [1.807, 2.05) is 11.8 Å². The Hall–Kier alpha value is -0.220. The molecule has 1 unspecified atom stereocenters. The Morgan fingerprint density at radius 2 is 2.11 bits per heavy atom. The van der Waals surface area contributed by atoms with Crippen LogP contribution in [-0.2, 0) is 4.79 Å². The monoisotopic (exact) mass is 270 g/mol. The third kappa shape index (κ3) is 4.47. The highest BCUT2D eigenvalue weighted by molar-refractivity contribution is 7.99. The van der Waals surface area contributed by atoms with Gasteiger partial charge in [0.2, 0.25) is 5.91 Å². The summed E-state index contributed by atoms with van der Waals surface area (Å²) in [5.41, 5.74) is 0. The summed E-state index contributed by atoms with van der Waals surface area (Å²) in [7, 11) is 0. The van der Waals surface area contributed by atoms with Crippen molar-refractivity contribution >= 4 is 17.7 Å². The van der Waals surface area contributed by atoms with Crippen molar-refractivity contribution in [2.75, 3.05) is 24.6 Å². The summed E-state index contributed by atoms with van der Waals surface area (Å²) >= 11 is 1.87. The molecule has 0 aromatic rings. The van der Waals surface area contributed by atoms with Crippen molar-refractivity contribution in [1.82, 2.24) is 10.6 Å². The third-order valence-corrected chi connectivity index (χ3v) is 5.29. The molecule has 2 rings (SSSR count). The predicted molar refractivity (Wildman–Crippen MR) is 77.9 cm³/mol. The summed E-state index contributed by atoms with van der Waals surface area (Å²) in [6, 6.07) is 0.0372. The van der Waals surface area contributed by atoms with Crippen LogP contribution >= 0.6 is 11.8 Å². The van der Waals surface area contributed by atoms with Crippen molar-refractivity contribution in [3.63, 3.8) is 0 Å². The number of hydrogen-bond donors (Lipinski definition) is 2. The zero-order valence-electron chi connectivity index (χ0n) is 11.4. The molecule has 2 aliphatic rings. The molecule has 1 heterocycles. The standard InChI is InChI=1S/C14H26N2OS/c1-11-2-4-12(5-3-11)6-7-16-14(17)13-10-18-9-8-15-13/h11-13,15H,2-10H2,1H3,(H,16,17). The van der Waals surface area contributed by atoms with Gasteiger partial charge in [-0.1, -0.05) is 32.6 Å². The number of hydrogen-bond acceptors (Lipinski definition) is 3. The first-order chi connectivity index (χ1) is 8.75. The molecule has 0 radical (unpaired) electrons. The van der Waals surface area contributed by atoms with Gasteiger partial charge in [0.25, 0.3) is 0 Å². The van der Waals surface area contributed by atoms with E-state index in [0.29, 0.717) is 0 Å². The summed E-state index contributed by atoms with van der Waals surface area (Å²) < 4.78 is 0. The fourth-order valence-electron chi connectivity index (χ4n) is 2.87. The van der Waals surface area contributed by atoms with Gasteiger partial charge in [0, 0.05) is 24.6 Å². The molecule has 3 nitrogen and oxygen atoms in total. The van der Waals surface area contributed by atoms with E-state index in [1.54, 1.807) is 0 Å². The average molecular weight is 270 g/mol. The average Bonchev–Trinajstić information content (AvgIpc) is 2.42. The molecule has 1 saturated carbocycles. The minimum Gasteiger partial charge on any atom is -0.355 e. The van der Waals surface area contributed by atoms with Gasteiger partial charge in [-0.2, -0.15) is 11.8 Å². The van der Waals surface area contributed by atoms with E-state index in [-0.39, 0.29) is 11.9 Å². The highest BCUT2D eigenvalue weighted by Gasteiger charge is 2.21. The lowest BCUT2D eigenvalue weighted by Crippen LogP contribution is -2.49. The van der Waals surface area contributed by atoms with Crippen molar-refractivity contribution in [3.8, 4) is 0 Å². The molecule has 0 bridgehead atoms.